The third-order valence-electron chi connectivity index (χ3n) is 5.92. The Kier molecular flexibility index (Phi) is 5.58. The Hall–Kier alpha value is -1.60. The van der Waals surface area contributed by atoms with Crippen LogP contribution in [0.4, 0.5) is 5.69 Å². The van der Waals surface area contributed by atoms with Crippen LogP contribution in [0.3, 0.4) is 0 Å². The van der Waals surface area contributed by atoms with E-state index < -0.39 is 10.0 Å². The molecule has 6 nitrogen and oxygen atoms in total. The molecule has 1 aromatic rings. The van der Waals surface area contributed by atoms with Gasteiger partial charge < -0.3 is 10.4 Å². The Bertz CT molecular complexity index is 774. The summed E-state index contributed by atoms with van der Waals surface area (Å²) in [7, 11) is -3.63. The predicted octanol–water partition coefficient (Wildman–Crippen LogP) is 3.19. The number of aromatic hydroxyl groups is 1. The minimum Gasteiger partial charge on any atom is -0.506 e. The van der Waals surface area contributed by atoms with Crippen molar-refractivity contribution in [3.63, 3.8) is 0 Å². The topological polar surface area (TPSA) is 86.7 Å². The molecule has 0 aromatic heterocycles. The molecule has 2 saturated carbocycles. The molecule has 3 rings (SSSR count). The molecule has 0 aliphatic heterocycles. The average molecular weight is 381 g/mol. The molecule has 7 heteroatoms. The molecule has 0 saturated heterocycles. The van der Waals surface area contributed by atoms with Crippen LogP contribution in [-0.2, 0) is 14.8 Å². The van der Waals surface area contributed by atoms with E-state index in [-0.39, 0.29) is 22.2 Å². The van der Waals surface area contributed by atoms with E-state index in [1.165, 1.54) is 41.8 Å². The van der Waals surface area contributed by atoms with E-state index in [0.717, 1.165) is 12.3 Å². The van der Waals surface area contributed by atoms with Gasteiger partial charge in [-0.25, -0.2) is 8.42 Å². The lowest BCUT2D eigenvalue weighted by molar-refractivity contribution is -0.117. The van der Waals surface area contributed by atoms with Crippen LogP contribution in [0, 0.1) is 17.8 Å². The van der Waals surface area contributed by atoms with Crippen molar-refractivity contribution in [2.24, 2.45) is 17.8 Å². The van der Waals surface area contributed by atoms with Gasteiger partial charge in [-0.1, -0.05) is 20.3 Å². The Morgan fingerprint density at radius 3 is 2.54 bits per heavy atom. The van der Waals surface area contributed by atoms with Gasteiger partial charge in [0, 0.05) is 19.5 Å². The first-order valence-electron chi connectivity index (χ1n) is 9.48. The van der Waals surface area contributed by atoms with Crippen molar-refractivity contribution in [2.45, 2.75) is 50.8 Å². The molecule has 0 heterocycles. The highest BCUT2D eigenvalue weighted by molar-refractivity contribution is 7.89. The van der Waals surface area contributed by atoms with E-state index in [1.54, 1.807) is 13.8 Å². The smallest absolute Gasteiger partial charge is 0.243 e. The molecule has 2 aliphatic carbocycles. The van der Waals surface area contributed by atoms with E-state index in [2.05, 4.69) is 5.32 Å². The highest BCUT2D eigenvalue weighted by atomic mass is 32.2. The molecule has 1 aromatic carbocycles. The van der Waals surface area contributed by atoms with Gasteiger partial charge in [0.15, 0.2) is 0 Å². The molecule has 0 spiro atoms. The van der Waals surface area contributed by atoms with Crippen molar-refractivity contribution in [3.8, 4) is 5.75 Å². The third kappa shape index (κ3) is 3.74. The minimum absolute atomic E-state index is 0.0780. The molecule has 2 fully saturated rings. The lowest BCUT2D eigenvalue weighted by atomic mass is 9.86. The van der Waals surface area contributed by atoms with Crippen LogP contribution in [0.15, 0.2) is 23.1 Å². The van der Waals surface area contributed by atoms with Gasteiger partial charge in [-0.05, 0) is 55.2 Å². The summed E-state index contributed by atoms with van der Waals surface area (Å²) in [4.78, 5) is 12.5. The van der Waals surface area contributed by atoms with Crippen molar-refractivity contribution in [3.05, 3.63) is 18.2 Å². The molecule has 1 amide bonds. The highest BCUT2D eigenvalue weighted by Crippen LogP contribution is 2.49. The normalized spacial score (nSPS) is 25.0. The summed E-state index contributed by atoms with van der Waals surface area (Å²) < 4.78 is 26.6. The van der Waals surface area contributed by atoms with Crippen molar-refractivity contribution < 1.29 is 18.3 Å². The van der Waals surface area contributed by atoms with Crippen LogP contribution in [-0.4, -0.2) is 36.8 Å². The molecule has 144 valence electrons. The van der Waals surface area contributed by atoms with Crippen LogP contribution in [0.25, 0.3) is 0 Å². The van der Waals surface area contributed by atoms with Gasteiger partial charge in [0.1, 0.15) is 5.75 Å². The Labute approximate surface area is 155 Å². The Balaban J connectivity index is 1.72. The summed E-state index contributed by atoms with van der Waals surface area (Å²) in [6.45, 7) is 4.29. The molecule has 2 aliphatic rings. The number of fused-ring (bicyclic) bond motifs is 2. The first-order chi connectivity index (χ1) is 12.3. The van der Waals surface area contributed by atoms with Crippen molar-refractivity contribution in [2.75, 3.05) is 18.4 Å². The van der Waals surface area contributed by atoms with Crippen LogP contribution < -0.4 is 5.32 Å². The van der Waals surface area contributed by atoms with Crippen molar-refractivity contribution in [1.82, 2.24) is 4.31 Å². The van der Waals surface area contributed by atoms with Crippen molar-refractivity contribution >= 4 is 21.6 Å². The molecule has 26 heavy (non-hydrogen) atoms. The van der Waals surface area contributed by atoms with Gasteiger partial charge >= 0.3 is 0 Å². The number of phenolic OH excluding ortho intramolecular Hbond substituents is 1. The number of nitrogens with one attached hydrogen (secondary N) is 1. The quantitative estimate of drug-likeness (QED) is 0.711. The van der Waals surface area contributed by atoms with E-state index in [0.29, 0.717) is 31.3 Å². The molecule has 3 atom stereocenters. The Morgan fingerprint density at radius 2 is 1.96 bits per heavy atom. The zero-order valence-electron chi connectivity index (χ0n) is 15.4. The fourth-order valence-corrected chi connectivity index (χ4v) is 6.04. The zero-order valence-corrected chi connectivity index (χ0v) is 16.3. The maximum Gasteiger partial charge on any atom is 0.243 e. The monoisotopic (exact) mass is 380 g/mol. The second-order valence-corrected chi connectivity index (χ2v) is 9.39. The number of carbonyl (C=O) groups excluding carboxylic acids is 1. The summed E-state index contributed by atoms with van der Waals surface area (Å²) >= 11 is 0. The van der Waals surface area contributed by atoms with E-state index in [4.69, 9.17) is 0 Å². The average Bonchev–Trinajstić information content (AvgIpc) is 3.20. The van der Waals surface area contributed by atoms with E-state index >= 15 is 0 Å². The Morgan fingerprint density at radius 1 is 1.23 bits per heavy atom. The fraction of sp³-hybridized carbons (Fsp3) is 0.632. The first-order valence-corrected chi connectivity index (χ1v) is 10.9. The number of phenols is 1. The van der Waals surface area contributed by atoms with E-state index in [9.17, 15) is 18.3 Å². The number of hydrogen-bond acceptors (Lipinski definition) is 4. The standard InChI is InChI=1S/C19H28N2O4S/c1-3-21(4-2)26(24,25)16-7-8-18(22)17(12-16)20-19(23)11-15-10-13-5-6-14(15)9-13/h7-8,12-15,22H,3-6,9-11H2,1-2H3,(H,20,23). The summed E-state index contributed by atoms with van der Waals surface area (Å²) in [6.07, 6.45) is 5.29. The fourth-order valence-electron chi connectivity index (χ4n) is 4.55. The molecular weight excluding hydrogens is 352 g/mol. The SMILES string of the molecule is CCN(CC)S(=O)(=O)c1ccc(O)c(NC(=O)CC2CC3CCC2C3)c1. The third-order valence-corrected chi connectivity index (χ3v) is 7.96. The number of sulfonamides is 1. The number of hydrogen-bond donors (Lipinski definition) is 2. The lowest BCUT2D eigenvalue weighted by Gasteiger charge is -2.21. The van der Waals surface area contributed by atoms with Crippen LogP contribution in [0.5, 0.6) is 5.75 Å². The molecular formula is C19H28N2O4S. The summed E-state index contributed by atoms with van der Waals surface area (Å²) in [5.41, 5.74) is 0.159. The molecule has 2 N–H and O–H groups in total. The van der Waals surface area contributed by atoms with Crippen LogP contribution >= 0.6 is 0 Å². The zero-order chi connectivity index (χ0) is 18.9. The molecule has 0 radical (unpaired) electrons. The van der Waals surface area contributed by atoms with Gasteiger partial charge in [0.2, 0.25) is 15.9 Å². The maximum absolute atomic E-state index is 12.6. The molecule has 3 unspecified atom stereocenters. The van der Waals surface area contributed by atoms with Gasteiger partial charge in [0.25, 0.3) is 0 Å². The largest absolute Gasteiger partial charge is 0.506 e. The number of rotatable bonds is 7. The molecule has 2 bridgehead atoms. The lowest BCUT2D eigenvalue weighted by Crippen LogP contribution is -2.30. The van der Waals surface area contributed by atoms with Crippen LogP contribution in [0.1, 0.15) is 46.0 Å². The van der Waals surface area contributed by atoms with Crippen LogP contribution in [0.2, 0.25) is 0 Å². The number of anilines is 1. The van der Waals surface area contributed by atoms with Gasteiger partial charge in [-0.3, -0.25) is 4.79 Å². The predicted molar refractivity (Wildman–Crippen MR) is 100 cm³/mol. The maximum atomic E-state index is 12.6. The minimum atomic E-state index is -3.63. The first kappa shape index (κ1) is 19.2. The van der Waals surface area contributed by atoms with Gasteiger partial charge in [0.05, 0.1) is 10.6 Å². The number of amides is 1. The second-order valence-electron chi connectivity index (χ2n) is 7.46. The number of nitrogens with zero attached hydrogens (tertiary/aromatic N) is 1. The summed E-state index contributed by atoms with van der Waals surface area (Å²) in [5.74, 6) is 1.56. The van der Waals surface area contributed by atoms with Gasteiger partial charge in [-0.2, -0.15) is 4.31 Å². The van der Waals surface area contributed by atoms with Gasteiger partial charge in [-0.15, -0.1) is 0 Å². The van der Waals surface area contributed by atoms with E-state index in [1.807, 2.05) is 0 Å². The number of carbonyl (C=O) groups is 1. The highest BCUT2D eigenvalue weighted by Gasteiger charge is 2.40. The van der Waals surface area contributed by atoms with Crippen molar-refractivity contribution in [1.29, 1.82) is 0 Å². The number of benzene rings is 1. The summed E-state index contributed by atoms with van der Waals surface area (Å²) in [6, 6.07) is 4.04. The second kappa shape index (κ2) is 7.56. The summed E-state index contributed by atoms with van der Waals surface area (Å²) in [5, 5.41) is 12.8.